The molecule has 7 nitrogen and oxygen atoms in total. The lowest BCUT2D eigenvalue weighted by Crippen LogP contribution is -2.42. The Labute approximate surface area is 170 Å². The molecular weight excluding hydrogens is 370 g/mol. The molecule has 2 aromatic rings. The van der Waals surface area contributed by atoms with E-state index < -0.39 is 12.0 Å². The molecular formula is C22H27N3O4. The number of aromatic nitrogens is 1. The van der Waals surface area contributed by atoms with Crippen LogP contribution in [0.5, 0.6) is 11.5 Å². The van der Waals surface area contributed by atoms with Gasteiger partial charge in [-0.3, -0.25) is 4.79 Å². The van der Waals surface area contributed by atoms with Crippen LogP contribution in [0.25, 0.3) is 0 Å². The highest BCUT2D eigenvalue weighted by Gasteiger charge is 2.43. The number of ether oxygens (including phenoxy) is 2. The van der Waals surface area contributed by atoms with E-state index in [4.69, 9.17) is 15.2 Å². The normalized spacial score (nSPS) is 26.1. The number of nitrogens with zero attached hydrogens (tertiary/aromatic N) is 2. The van der Waals surface area contributed by atoms with Crippen LogP contribution in [0.1, 0.15) is 28.9 Å². The number of nitrogens with two attached hydrogens (primary N) is 1. The summed E-state index contributed by atoms with van der Waals surface area (Å²) in [5.41, 5.74) is 6.84. The molecule has 0 bridgehead atoms. The first-order valence-electron chi connectivity index (χ1n) is 9.96. The molecule has 1 aromatic carbocycles. The zero-order valence-electron chi connectivity index (χ0n) is 16.7. The van der Waals surface area contributed by atoms with Gasteiger partial charge in [-0.2, -0.15) is 0 Å². The molecule has 4 atom stereocenters. The van der Waals surface area contributed by atoms with Crippen LogP contribution in [-0.2, 0) is 0 Å². The van der Waals surface area contributed by atoms with Crippen molar-refractivity contribution in [1.29, 1.82) is 0 Å². The molecule has 7 heteroatoms. The monoisotopic (exact) mass is 397 g/mol. The van der Waals surface area contributed by atoms with Gasteiger partial charge in [-0.25, -0.2) is 4.98 Å². The van der Waals surface area contributed by atoms with E-state index in [-0.39, 0.29) is 6.10 Å². The van der Waals surface area contributed by atoms with Crippen LogP contribution < -0.4 is 20.1 Å². The lowest BCUT2D eigenvalue weighted by Gasteiger charge is -2.35. The fraction of sp³-hybridized carbons (Fsp3) is 0.455. The molecule has 1 saturated carbocycles. The number of primary amides is 1. The average Bonchev–Trinajstić information content (AvgIpc) is 3.11. The van der Waals surface area contributed by atoms with Crippen LogP contribution in [-0.4, -0.2) is 48.4 Å². The summed E-state index contributed by atoms with van der Waals surface area (Å²) in [6.45, 7) is 3.41. The highest BCUT2D eigenvalue weighted by molar-refractivity contribution is 5.97. The third-order valence-corrected chi connectivity index (χ3v) is 6.01. The number of carbonyl (C=O) groups is 1. The van der Waals surface area contributed by atoms with E-state index in [0.29, 0.717) is 41.1 Å². The third kappa shape index (κ3) is 3.87. The molecule has 1 aliphatic carbocycles. The zero-order chi connectivity index (χ0) is 20.5. The Hall–Kier alpha value is -2.80. The summed E-state index contributed by atoms with van der Waals surface area (Å²) >= 11 is 0. The Morgan fingerprint density at radius 1 is 1.14 bits per heavy atom. The summed E-state index contributed by atoms with van der Waals surface area (Å²) in [4.78, 5) is 18.6. The smallest absolute Gasteiger partial charge is 0.252 e. The van der Waals surface area contributed by atoms with Gasteiger partial charge in [0.25, 0.3) is 5.91 Å². The van der Waals surface area contributed by atoms with Crippen LogP contribution in [0.3, 0.4) is 0 Å². The number of aliphatic hydroxyl groups excluding tert-OH is 1. The number of benzene rings is 1. The second-order valence-corrected chi connectivity index (χ2v) is 7.96. The summed E-state index contributed by atoms with van der Waals surface area (Å²) < 4.78 is 11.5. The van der Waals surface area contributed by atoms with E-state index in [2.05, 4.69) is 9.88 Å². The lowest BCUT2D eigenvalue weighted by atomic mass is 9.78. The van der Waals surface area contributed by atoms with Crippen LogP contribution in [0.15, 0.2) is 36.4 Å². The maximum absolute atomic E-state index is 11.9. The molecule has 154 valence electrons. The highest BCUT2D eigenvalue weighted by atomic mass is 16.5. The Balaban J connectivity index is 1.51. The van der Waals surface area contributed by atoms with Crippen molar-refractivity contribution in [3.8, 4) is 11.5 Å². The van der Waals surface area contributed by atoms with E-state index in [1.165, 1.54) is 0 Å². The number of pyridine rings is 1. The largest absolute Gasteiger partial charge is 0.493 e. The average molecular weight is 397 g/mol. The fourth-order valence-corrected chi connectivity index (χ4v) is 4.55. The van der Waals surface area contributed by atoms with E-state index in [1.54, 1.807) is 19.2 Å². The number of carbonyl (C=O) groups excluding carboxylic acids is 1. The third-order valence-electron chi connectivity index (χ3n) is 6.01. The number of rotatable bonds is 5. The summed E-state index contributed by atoms with van der Waals surface area (Å²) in [7, 11) is 1.61. The predicted octanol–water partition coefficient (Wildman–Crippen LogP) is 2.15. The standard InChI is InChI=1S/C22H27N3O4/c1-13-7-8-16(21(23)27)22(24-13)25-11-14-9-17(26)20(10-15(14)12-25)29-19-6-4-3-5-18(19)28-2/h3-8,14-15,17,20,26H,9-12H2,1-2H3,(H2,23,27)/t14-,15+,17+,20+/m0/s1. The molecule has 4 rings (SSSR count). The Bertz CT molecular complexity index is 903. The van der Waals surface area contributed by atoms with Crippen molar-refractivity contribution in [3.05, 3.63) is 47.7 Å². The van der Waals surface area contributed by atoms with Gasteiger partial charge >= 0.3 is 0 Å². The number of aryl methyl sites for hydroxylation is 1. The summed E-state index contributed by atoms with van der Waals surface area (Å²) in [6, 6.07) is 11.0. The van der Waals surface area contributed by atoms with Crippen LogP contribution in [0.2, 0.25) is 0 Å². The van der Waals surface area contributed by atoms with Crippen molar-refractivity contribution in [2.45, 2.75) is 32.0 Å². The van der Waals surface area contributed by atoms with Crippen molar-refractivity contribution >= 4 is 11.7 Å². The van der Waals surface area contributed by atoms with E-state index in [9.17, 15) is 9.90 Å². The van der Waals surface area contributed by atoms with Crippen molar-refractivity contribution in [2.24, 2.45) is 17.6 Å². The van der Waals surface area contributed by atoms with Crippen LogP contribution in [0, 0.1) is 18.8 Å². The van der Waals surface area contributed by atoms with Crippen molar-refractivity contribution in [1.82, 2.24) is 4.98 Å². The first-order chi connectivity index (χ1) is 14.0. The minimum absolute atomic E-state index is 0.298. The van der Waals surface area contributed by atoms with Crippen molar-refractivity contribution in [2.75, 3.05) is 25.1 Å². The molecule has 1 amide bonds. The second kappa shape index (κ2) is 7.91. The minimum atomic E-state index is -0.554. The van der Waals surface area contributed by atoms with Gasteiger partial charge < -0.3 is 25.2 Å². The van der Waals surface area contributed by atoms with E-state index in [1.807, 2.05) is 31.2 Å². The number of para-hydroxylation sites is 2. The Morgan fingerprint density at radius 2 is 1.83 bits per heavy atom. The number of fused-ring (bicyclic) bond motifs is 1. The highest BCUT2D eigenvalue weighted by Crippen LogP contribution is 2.40. The van der Waals surface area contributed by atoms with Gasteiger partial charge in [-0.05, 0) is 55.9 Å². The molecule has 2 aliphatic rings. The Morgan fingerprint density at radius 3 is 2.52 bits per heavy atom. The number of amides is 1. The molecule has 29 heavy (non-hydrogen) atoms. The first-order valence-corrected chi connectivity index (χ1v) is 9.96. The first kappa shape index (κ1) is 19.5. The quantitative estimate of drug-likeness (QED) is 0.802. The van der Waals surface area contributed by atoms with Gasteiger partial charge in [0.1, 0.15) is 11.9 Å². The van der Waals surface area contributed by atoms with Gasteiger partial charge in [0.2, 0.25) is 0 Å². The molecule has 1 aliphatic heterocycles. The number of anilines is 1. The van der Waals surface area contributed by atoms with Gasteiger partial charge in [0.15, 0.2) is 11.5 Å². The van der Waals surface area contributed by atoms with Gasteiger partial charge in [0.05, 0.1) is 18.8 Å². The molecule has 0 radical (unpaired) electrons. The molecule has 1 saturated heterocycles. The zero-order valence-corrected chi connectivity index (χ0v) is 16.7. The number of aliphatic hydroxyl groups is 1. The predicted molar refractivity (Wildman–Crippen MR) is 109 cm³/mol. The molecule has 1 aromatic heterocycles. The second-order valence-electron chi connectivity index (χ2n) is 7.96. The maximum atomic E-state index is 11.9. The van der Waals surface area contributed by atoms with Crippen LogP contribution >= 0.6 is 0 Å². The molecule has 2 fully saturated rings. The SMILES string of the molecule is COc1ccccc1O[C@@H]1C[C@@H]2CN(c3nc(C)ccc3C(N)=O)C[C@@H]2C[C@H]1O. The van der Waals surface area contributed by atoms with Crippen LogP contribution in [0.4, 0.5) is 5.82 Å². The Kier molecular flexibility index (Phi) is 5.32. The van der Waals surface area contributed by atoms with Crippen molar-refractivity contribution < 1.29 is 19.4 Å². The van der Waals surface area contributed by atoms with Crippen molar-refractivity contribution in [3.63, 3.8) is 0 Å². The molecule has 3 N–H and O–H groups in total. The van der Waals surface area contributed by atoms with E-state index >= 15 is 0 Å². The van der Waals surface area contributed by atoms with Gasteiger partial charge in [-0.15, -0.1) is 0 Å². The number of hydrogen-bond acceptors (Lipinski definition) is 6. The maximum Gasteiger partial charge on any atom is 0.252 e. The number of methoxy groups -OCH3 is 1. The van der Waals surface area contributed by atoms with Gasteiger partial charge in [0, 0.05) is 18.8 Å². The minimum Gasteiger partial charge on any atom is -0.493 e. The summed E-state index contributed by atoms with van der Waals surface area (Å²) in [5.74, 6) is 2.14. The molecule has 0 unspecified atom stereocenters. The summed E-state index contributed by atoms with van der Waals surface area (Å²) in [6.07, 6.45) is 0.535. The van der Waals surface area contributed by atoms with Gasteiger partial charge in [-0.1, -0.05) is 12.1 Å². The fourth-order valence-electron chi connectivity index (χ4n) is 4.55. The summed E-state index contributed by atoms with van der Waals surface area (Å²) in [5, 5.41) is 10.7. The molecule has 0 spiro atoms. The molecule has 2 heterocycles. The topological polar surface area (TPSA) is 97.9 Å². The number of hydrogen-bond donors (Lipinski definition) is 2. The van der Waals surface area contributed by atoms with E-state index in [0.717, 1.165) is 25.2 Å². The lowest BCUT2D eigenvalue weighted by molar-refractivity contribution is -0.0240.